The fourth-order valence-corrected chi connectivity index (χ4v) is 3.06. The molecule has 0 bridgehead atoms. The molecule has 0 aliphatic carbocycles. The number of carbonyl (C=O) groups excluding carboxylic acids is 1. The molecule has 0 saturated carbocycles. The SMILES string of the molecule is CCOC/C(F)=C(\F)c1ccc(-c2ccc(C(=O)Oc3cc(F)c(C(F)(F)F)c(F)c3)cc2)cc1. The highest BCUT2D eigenvalue weighted by atomic mass is 19.4. The average molecular weight is 498 g/mol. The summed E-state index contributed by atoms with van der Waals surface area (Å²) in [4.78, 5) is 12.2. The van der Waals surface area contributed by atoms with E-state index >= 15 is 0 Å². The predicted octanol–water partition coefficient (Wildman–Crippen LogP) is 7.51. The van der Waals surface area contributed by atoms with Gasteiger partial charge < -0.3 is 9.47 Å². The van der Waals surface area contributed by atoms with Gasteiger partial charge >= 0.3 is 12.1 Å². The molecule has 0 saturated heterocycles. The molecule has 3 aromatic carbocycles. The summed E-state index contributed by atoms with van der Waals surface area (Å²) in [6.07, 6.45) is -5.25. The number of alkyl halides is 3. The molecule has 0 atom stereocenters. The van der Waals surface area contributed by atoms with Gasteiger partial charge in [0.15, 0.2) is 11.7 Å². The van der Waals surface area contributed by atoms with Gasteiger partial charge in [-0.15, -0.1) is 0 Å². The molecule has 3 aromatic rings. The van der Waals surface area contributed by atoms with E-state index in [0.29, 0.717) is 11.1 Å². The summed E-state index contributed by atoms with van der Waals surface area (Å²) < 4.78 is 103. The van der Waals surface area contributed by atoms with Crippen LogP contribution in [-0.2, 0) is 10.9 Å². The van der Waals surface area contributed by atoms with E-state index < -0.39 is 53.4 Å². The van der Waals surface area contributed by atoms with Crippen molar-refractivity contribution < 1.29 is 45.0 Å². The van der Waals surface area contributed by atoms with Gasteiger partial charge in [0.2, 0.25) is 0 Å². The summed E-state index contributed by atoms with van der Waals surface area (Å²) in [5, 5.41) is 0. The first-order chi connectivity index (χ1) is 16.5. The molecule has 0 spiro atoms. The quantitative estimate of drug-likeness (QED) is 0.192. The summed E-state index contributed by atoms with van der Waals surface area (Å²) in [6.45, 7) is 1.41. The molecule has 184 valence electrons. The third-order valence-corrected chi connectivity index (χ3v) is 4.77. The summed E-state index contributed by atoms with van der Waals surface area (Å²) in [5.41, 5.74) is -0.905. The topological polar surface area (TPSA) is 35.5 Å². The van der Waals surface area contributed by atoms with Crippen LogP contribution in [0, 0.1) is 11.6 Å². The molecule has 0 aliphatic heterocycles. The highest BCUT2D eigenvalue weighted by molar-refractivity contribution is 5.91. The van der Waals surface area contributed by atoms with E-state index in [1.807, 2.05) is 0 Å². The number of benzene rings is 3. The number of halogens is 7. The van der Waals surface area contributed by atoms with E-state index in [4.69, 9.17) is 9.47 Å². The Morgan fingerprint density at radius 2 is 1.31 bits per heavy atom. The lowest BCUT2D eigenvalue weighted by Gasteiger charge is -2.11. The highest BCUT2D eigenvalue weighted by Crippen LogP contribution is 2.35. The normalized spacial score (nSPS) is 12.3. The second-order valence-electron chi connectivity index (χ2n) is 7.16. The third kappa shape index (κ3) is 6.27. The zero-order valence-corrected chi connectivity index (χ0v) is 18.1. The summed E-state index contributed by atoms with van der Waals surface area (Å²) >= 11 is 0. The Labute approximate surface area is 195 Å². The van der Waals surface area contributed by atoms with Crippen molar-refractivity contribution in [3.63, 3.8) is 0 Å². The number of carbonyl (C=O) groups is 1. The van der Waals surface area contributed by atoms with Crippen molar-refractivity contribution in [2.75, 3.05) is 13.2 Å². The minimum absolute atomic E-state index is 0.0159. The van der Waals surface area contributed by atoms with Gasteiger partial charge in [-0.2, -0.15) is 13.2 Å². The molecule has 0 aromatic heterocycles. The second-order valence-corrected chi connectivity index (χ2v) is 7.16. The van der Waals surface area contributed by atoms with E-state index in [9.17, 15) is 35.5 Å². The lowest BCUT2D eigenvalue weighted by atomic mass is 10.0. The minimum Gasteiger partial charge on any atom is -0.423 e. The summed E-state index contributed by atoms with van der Waals surface area (Å²) in [6, 6.07) is 12.0. The first-order valence-electron chi connectivity index (χ1n) is 10.1. The van der Waals surface area contributed by atoms with Crippen molar-refractivity contribution in [2.45, 2.75) is 13.1 Å². The van der Waals surface area contributed by atoms with Crippen molar-refractivity contribution in [3.8, 4) is 16.9 Å². The Hall–Kier alpha value is -3.66. The maximum atomic E-state index is 14.1. The van der Waals surface area contributed by atoms with E-state index in [-0.39, 0.29) is 29.9 Å². The number of esters is 1. The average Bonchev–Trinajstić information content (AvgIpc) is 2.81. The van der Waals surface area contributed by atoms with Gasteiger partial charge in [-0.25, -0.2) is 22.4 Å². The van der Waals surface area contributed by atoms with E-state index in [0.717, 1.165) is 0 Å². The van der Waals surface area contributed by atoms with E-state index in [1.54, 1.807) is 6.92 Å². The summed E-state index contributed by atoms with van der Waals surface area (Å²) in [5.74, 6) is -7.69. The predicted molar refractivity (Wildman–Crippen MR) is 114 cm³/mol. The van der Waals surface area contributed by atoms with Crippen LogP contribution in [0.25, 0.3) is 17.0 Å². The van der Waals surface area contributed by atoms with Gasteiger partial charge in [0.05, 0.1) is 5.56 Å². The van der Waals surface area contributed by atoms with Crippen LogP contribution in [0.2, 0.25) is 0 Å². The van der Waals surface area contributed by atoms with Crippen LogP contribution in [0.1, 0.15) is 28.4 Å². The maximum Gasteiger partial charge on any atom is 0.422 e. The highest BCUT2D eigenvalue weighted by Gasteiger charge is 2.38. The Bertz CT molecular complexity index is 1210. The van der Waals surface area contributed by atoms with Crippen molar-refractivity contribution in [1.29, 1.82) is 0 Å². The van der Waals surface area contributed by atoms with Crippen LogP contribution < -0.4 is 4.74 Å². The second kappa shape index (κ2) is 10.7. The molecule has 0 unspecified atom stereocenters. The van der Waals surface area contributed by atoms with Crippen LogP contribution in [0.3, 0.4) is 0 Å². The lowest BCUT2D eigenvalue weighted by Crippen LogP contribution is -2.13. The zero-order chi connectivity index (χ0) is 25.8. The first kappa shape index (κ1) is 26.0. The number of ether oxygens (including phenoxy) is 2. The van der Waals surface area contributed by atoms with Gasteiger partial charge in [-0.1, -0.05) is 36.4 Å². The number of hydrogen-bond acceptors (Lipinski definition) is 3. The molecule has 0 amide bonds. The van der Waals surface area contributed by atoms with Gasteiger partial charge in [0.25, 0.3) is 0 Å². The minimum atomic E-state index is -5.25. The molecule has 0 aliphatic rings. The number of rotatable bonds is 7. The summed E-state index contributed by atoms with van der Waals surface area (Å²) in [7, 11) is 0. The standard InChI is InChI=1S/C25H17F7O3/c1-2-34-13-21(28)23(29)16-7-3-14(4-8-16)15-5-9-17(10-6-15)24(33)35-18-11-19(26)22(20(27)12-18)25(30,31)32/h3-12H,2,13H2,1H3/b23-21+. The molecular weight excluding hydrogens is 481 g/mol. The van der Waals surface area contributed by atoms with E-state index in [2.05, 4.69) is 0 Å². The van der Waals surface area contributed by atoms with Crippen molar-refractivity contribution in [3.05, 3.63) is 94.8 Å². The van der Waals surface area contributed by atoms with Crippen LogP contribution in [0.15, 0.2) is 66.5 Å². The number of hydrogen-bond donors (Lipinski definition) is 0. The monoisotopic (exact) mass is 498 g/mol. The van der Waals surface area contributed by atoms with Crippen LogP contribution in [0.4, 0.5) is 30.7 Å². The van der Waals surface area contributed by atoms with Gasteiger partial charge in [0.1, 0.15) is 29.6 Å². The molecule has 0 N–H and O–H groups in total. The Balaban J connectivity index is 1.73. The Morgan fingerprint density at radius 1 is 0.829 bits per heavy atom. The molecule has 3 nitrogen and oxygen atoms in total. The molecule has 0 radical (unpaired) electrons. The van der Waals surface area contributed by atoms with Gasteiger partial charge in [-0.05, 0) is 30.2 Å². The lowest BCUT2D eigenvalue weighted by molar-refractivity contribution is -0.142. The molecule has 0 fully saturated rings. The van der Waals surface area contributed by atoms with Crippen LogP contribution >= 0.6 is 0 Å². The molecular formula is C25H17F7O3. The molecule has 10 heteroatoms. The van der Waals surface area contributed by atoms with Crippen LogP contribution in [-0.4, -0.2) is 19.2 Å². The maximum absolute atomic E-state index is 14.1. The van der Waals surface area contributed by atoms with Crippen molar-refractivity contribution in [2.24, 2.45) is 0 Å². The zero-order valence-electron chi connectivity index (χ0n) is 18.1. The molecule has 0 heterocycles. The first-order valence-corrected chi connectivity index (χ1v) is 10.1. The Kier molecular flexibility index (Phi) is 7.96. The van der Waals surface area contributed by atoms with Crippen molar-refractivity contribution >= 4 is 11.8 Å². The largest absolute Gasteiger partial charge is 0.423 e. The molecule has 35 heavy (non-hydrogen) atoms. The van der Waals surface area contributed by atoms with Crippen molar-refractivity contribution in [1.82, 2.24) is 0 Å². The fraction of sp³-hybridized carbons (Fsp3) is 0.160. The molecule has 3 rings (SSSR count). The Morgan fingerprint density at radius 3 is 1.77 bits per heavy atom. The van der Waals surface area contributed by atoms with E-state index in [1.165, 1.54) is 48.5 Å². The van der Waals surface area contributed by atoms with Gasteiger partial charge in [-0.3, -0.25) is 0 Å². The van der Waals surface area contributed by atoms with Gasteiger partial charge in [0, 0.05) is 24.3 Å². The third-order valence-electron chi connectivity index (χ3n) is 4.77. The van der Waals surface area contributed by atoms with Crippen LogP contribution in [0.5, 0.6) is 5.75 Å². The fourth-order valence-electron chi connectivity index (χ4n) is 3.06. The smallest absolute Gasteiger partial charge is 0.422 e.